The minimum atomic E-state index is -0.181. The Balaban J connectivity index is 2.28. The average Bonchev–Trinajstić information content (AvgIpc) is 2.28. The summed E-state index contributed by atoms with van der Waals surface area (Å²) in [6, 6.07) is 7.36. The van der Waals surface area contributed by atoms with Gasteiger partial charge in [-0.05, 0) is 17.5 Å². The SMILES string of the molecule is CC1(C)CC(=O)C(C=Nc2ccccc2S)=C(O)C1. The van der Waals surface area contributed by atoms with Gasteiger partial charge in [0, 0.05) is 24.0 Å². The first-order valence-electron chi connectivity index (χ1n) is 6.16. The van der Waals surface area contributed by atoms with E-state index < -0.39 is 0 Å². The van der Waals surface area contributed by atoms with Crippen LogP contribution in [0.4, 0.5) is 5.69 Å². The van der Waals surface area contributed by atoms with Gasteiger partial charge in [0.25, 0.3) is 0 Å². The molecule has 0 radical (unpaired) electrons. The van der Waals surface area contributed by atoms with Crippen LogP contribution in [0.25, 0.3) is 0 Å². The van der Waals surface area contributed by atoms with Gasteiger partial charge in [0.2, 0.25) is 0 Å². The van der Waals surface area contributed by atoms with Crippen molar-refractivity contribution in [2.45, 2.75) is 31.6 Å². The summed E-state index contributed by atoms with van der Waals surface area (Å²) in [7, 11) is 0. The molecule has 0 atom stereocenters. The summed E-state index contributed by atoms with van der Waals surface area (Å²) >= 11 is 4.29. The molecule has 0 aromatic heterocycles. The lowest BCUT2D eigenvalue weighted by Crippen LogP contribution is -2.26. The summed E-state index contributed by atoms with van der Waals surface area (Å²) in [6.07, 6.45) is 2.38. The van der Waals surface area contributed by atoms with Gasteiger partial charge in [-0.15, -0.1) is 12.6 Å². The van der Waals surface area contributed by atoms with Gasteiger partial charge in [0.1, 0.15) is 5.76 Å². The Morgan fingerprint density at radius 3 is 2.63 bits per heavy atom. The lowest BCUT2D eigenvalue weighted by molar-refractivity contribution is -0.117. The van der Waals surface area contributed by atoms with Crippen molar-refractivity contribution in [1.82, 2.24) is 0 Å². The molecule has 1 aliphatic carbocycles. The number of rotatable bonds is 2. The fraction of sp³-hybridized carbons (Fsp3) is 0.333. The smallest absolute Gasteiger partial charge is 0.168 e. The number of Topliss-reactive ketones (excluding diaryl/α,β-unsaturated/α-hetero) is 1. The number of thiol groups is 1. The van der Waals surface area contributed by atoms with E-state index in [4.69, 9.17) is 0 Å². The average molecular weight is 275 g/mol. The van der Waals surface area contributed by atoms with E-state index in [1.807, 2.05) is 38.1 Å². The third-order valence-corrected chi connectivity index (χ3v) is 3.49. The third-order valence-electron chi connectivity index (χ3n) is 3.11. The van der Waals surface area contributed by atoms with Crippen LogP contribution in [0, 0.1) is 5.41 Å². The Bertz CT molecular complexity index is 573. The van der Waals surface area contributed by atoms with Gasteiger partial charge >= 0.3 is 0 Å². The zero-order valence-corrected chi connectivity index (χ0v) is 11.9. The van der Waals surface area contributed by atoms with Crippen LogP contribution in [-0.4, -0.2) is 17.1 Å². The number of nitrogens with zero attached hydrogens (tertiary/aromatic N) is 1. The molecule has 1 aliphatic rings. The molecule has 0 heterocycles. The highest BCUT2D eigenvalue weighted by molar-refractivity contribution is 7.80. The molecule has 0 unspecified atom stereocenters. The van der Waals surface area contributed by atoms with Crippen LogP contribution in [-0.2, 0) is 4.79 Å². The molecule has 100 valence electrons. The maximum absolute atomic E-state index is 12.0. The van der Waals surface area contributed by atoms with Gasteiger partial charge in [0.15, 0.2) is 5.78 Å². The Morgan fingerprint density at radius 2 is 2.00 bits per heavy atom. The second-order valence-electron chi connectivity index (χ2n) is 5.55. The normalized spacial score (nSPS) is 19.2. The van der Waals surface area contributed by atoms with Crippen molar-refractivity contribution in [3.8, 4) is 0 Å². The number of carbonyl (C=O) groups is 1. The van der Waals surface area contributed by atoms with E-state index in [1.54, 1.807) is 0 Å². The largest absolute Gasteiger partial charge is 0.511 e. The summed E-state index contributed by atoms with van der Waals surface area (Å²) in [5.41, 5.74) is 0.819. The van der Waals surface area contributed by atoms with Crippen molar-refractivity contribution >= 4 is 30.3 Å². The third kappa shape index (κ3) is 3.26. The van der Waals surface area contributed by atoms with Gasteiger partial charge in [-0.3, -0.25) is 9.79 Å². The molecular weight excluding hydrogens is 258 g/mol. The number of carbonyl (C=O) groups excluding carboxylic acids is 1. The number of aliphatic hydroxyl groups is 1. The molecule has 0 spiro atoms. The van der Waals surface area contributed by atoms with Crippen molar-refractivity contribution < 1.29 is 9.90 Å². The Hall–Kier alpha value is -1.55. The Kier molecular flexibility index (Phi) is 3.80. The molecule has 2 rings (SSSR count). The number of para-hydroxylation sites is 1. The summed E-state index contributed by atoms with van der Waals surface area (Å²) in [4.78, 5) is 17.0. The predicted molar refractivity (Wildman–Crippen MR) is 79.5 cm³/mol. The zero-order valence-electron chi connectivity index (χ0n) is 11.1. The summed E-state index contributed by atoms with van der Waals surface area (Å²) in [5.74, 6) is 0.0655. The summed E-state index contributed by atoms with van der Waals surface area (Å²) < 4.78 is 0. The monoisotopic (exact) mass is 275 g/mol. The van der Waals surface area contributed by atoms with Gasteiger partial charge in [-0.1, -0.05) is 26.0 Å². The van der Waals surface area contributed by atoms with E-state index in [2.05, 4.69) is 17.6 Å². The second kappa shape index (κ2) is 5.21. The predicted octanol–water partition coefficient (Wildman–Crippen LogP) is 3.88. The molecule has 19 heavy (non-hydrogen) atoms. The first kappa shape index (κ1) is 13.9. The molecule has 3 nitrogen and oxygen atoms in total. The molecular formula is C15H17NO2S. The van der Waals surface area contributed by atoms with Crippen molar-refractivity contribution in [3.05, 3.63) is 35.6 Å². The fourth-order valence-corrected chi connectivity index (χ4v) is 2.37. The molecule has 0 saturated heterocycles. The number of allylic oxidation sites excluding steroid dienone is 2. The number of hydrogen-bond acceptors (Lipinski definition) is 4. The van der Waals surface area contributed by atoms with Crippen molar-refractivity contribution in [1.29, 1.82) is 0 Å². The molecule has 0 fully saturated rings. The van der Waals surface area contributed by atoms with Crippen LogP contribution < -0.4 is 0 Å². The molecule has 0 bridgehead atoms. The second-order valence-corrected chi connectivity index (χ2v) is 6.03. The van der Waals surface area contributed by atoms with E-state index in [0.29, 0.717) is 24.1 Å². The first-order valence-corrected chi connectivity index (χ1v) is 6.61. The van der Waals surface area contributed by atoms with E-state index >= 15 is 0 Å². The van der Waals surface area contributed by atoms with E-state index in [9.17, 15) is 9.90 Å². The molecule has 4 heteroatoms. The van der Waals surface area contributed by atoms with Gasteiger partial charge in [-0.2, -0.15) is 0 Å². The Morgan fingerprint density at radius 1 is 1.32 bits per heavy atom. The first-order chi connectivity index (χ1) is 8.89. The minimum absolute atomic E-state index is 0.0610. The molecule has 1 aromatic carbocycles. The van der Waals surface area contributed by atoms with Crippen LogP contribution in [0.5, 0.6) is 0 Å². The quantitative estimate of drug-likeness (QED) is 0.635. The van der Waals surface area contributed by atoms with Gasteiger partial charge in [0.05, 0.1) is 11.3 Å². The molecule has 1 aromatic rings. The topological polar surface area (TPSA) is 49.7 Å². The van der Waals surface area contributed by atoms with Crippen LogP contribution in [0.1, 0.15) is 26.7 Å². The van der Waals surface area contributed by atoms with E-state index in [1.165, 1.54) is 6.21 Å². The van der Waals surface area contributed by atoms with Crippen molar-refractivity contribution in [2.24, 2.45) is 10.4 Å². The number of benzene rings is 1. The van der Waals surface area contributed by atoms with Crippen molar-refractivity contribution in [2.75, 3.05) is 0 Å². The molecule has 0 aliphatic heterocycles. The van der Waals surface area contributed by atoms with E-state index in [0.717, 1.165) is 4.90 Å². The van der Waals surface area contributed by atoms with Crippen LogP contribution in [0.2, 0.25) is 0 Å². The molecule has 1 N–H and O–H groups in total. The van der Waals surface area contributed by atoms with Gasteiger partial charge < -0.3 is 5.11 Å². The molecule has 0 saturated carbocycles. The maximum Gasteiger partial charge on any atom is 0.168 e. The van der Waals surface area contributed by atoms with Crippen LogP contribution in [0.15, 0.2) is 45.5 Å². The van der Waals surface area contributed by atoms with Crippen LogP contribution in [0.3, 0.4) is 0 Å². The highest BCUT2D eigenvalue weighted by Crippen LogP contribution is 2.35. The maximum atomic E-state index is 12.0. The van der Waals surface area contributed by atoms with Crippen molar-refractivity contribution in [3.63, 3.8) is 0 Å². The summed E-state index contributed by atoms with van der Waals surface area (Å²) in [5, 5.41) is 9.97. The Labute approximate surface area is 118 Å². The number of aliphatic imine (C=N–C) groups is 1. The number of ketones is 1. The highest BCUT2D eigenvalue weighted by Gasteiger charge is 2.32. The zero-order chi connectivity index (χ0) is 14.0. The van der Waals surface area contributed by atoms with Crippen LogP contribution >= 0.6 is 12.6 Å². The lowest BCUT2D eigenvalue weighted by atomic mass is 9.77. The number of hydrogen-bond donors (Lipinski definition) is 2. The standard InChI is InChI=1S/C15H17NO2S/c1-15(2)7-12(17)10(13(18)8-15)9-16-11-5-3-4-6-14(11)19/h3-6,9,17,19H,7-8H2,1-2H3. The molecule has 0 amide bonds. The highest BCUT2D eigenvalue weighted by atomic mass is 32.1. The minimum Gasteiger partial charge on any atom is -0.511 e. The van der Waals surface area contributed by atoms with E-state index in [-0.39, 0.29) is 17.0 Å². The van der Waals surface area contributed by atoms with Gasteiger partial charge in [-0.25, -0.2) is 0 Å². The fourth-order valence-electron chi connectivity index (χ4n) is 2.16. The number of aliphatic hydroxyl groups excluding tert-OH is 1. The summed E-state index contributed by atoms with van der Waals surface area (Å²) in [6.45, 7) is 3.94. The lowest BCUT2D eigenvalue weighted by Gasteiger charge is -2.28.